The van der Waals surface area contributed by atoms with Gasteiger partial charge in [-0.05, 0) is 23.6 Å². The van der Waals surface area contributed by atoms with Gasteiger partial charge in [-0.3, -0.25) is 4.79 Å². The highest BCUT2D eigenvalue weighted by Crippen LogP contribution is 2.30. The molecule has 0 aliphatic rings. The lowest BCUT2D eigenvalue weighted by Gasteiger charge is -2.09. The van der Waals surface area contributed by atoms with Crippen LogP contribution in [0.5, 0.6) is 11.5 Å². The fourth-order valence-electron chi connectivity index (χ4n) is 1.56. The Labute approximate surface area is 128 Å². The summed E-state index contributed by atoms with van der Waals surface area (Å²) in [6.45, 7) is -2.99. The van der Waals surface area contributed by atoms with Gasteiger partial charge in [-0.2, -0.15) is 8.78 Å². The lowest BCUT2D eigenvalue weighted by atomic mass is 10.3. The first-order valence-electron chi connectivity index (χ1n) is 5.68. The van der Waals surface area contributed by atoms with Crippen molar-refractivity contribution in [3.05, 3.63) is 39.5 Å². The van der Waals surface area contributed by atoms with E-state index in [1.54, 1.807) is 12.1 Å². The van der Waals surface area contributed by atoms with Crippen LogP contribution in [-0.2, 0) is 0 Å². The predicted molar refractivity (Wildman–Crippen MR) is 76.9 cm³/mol. The van der Waals surface area contributed by atoms with Gasteiger partial charge in [-0.25, -0.2) is 0 Å². The van der Waals surface area contributed by atoms with Crippen LogP contribution in [0, 0.1) is 0 Å². The van der Waals surface area contributed by atoms with Crippen LogP contribution in [0.4, 0.5) is 14.5 Å². The molecule has 0 spiro atoms. The maximum atomic E-state index is 12.2. The van der Waals surface area contributed by atoms with E-state index in [1.807, 2.05) is 0 Å². The van der Waals surface area contributed by atoms with Crippen molar-refractivity contribution in [1.82, 2.24) is 0 Å². The zero-order valence-corrected chi connectivity index (χ0v) is 12.3. The van der Waals surface area contributed by atoms with Gasteiger partial charge in [0.2, 0.25) is 0 Å². The highest BCUT2D eigenvalue weighted by atomic mass is 35.5. The molecule has 0 aliphatic carbocycles. The zero-order chi connectivity index (χ0) is 15.4. The number of hydrogen-bond donors (Lipinski definition) is 1. The van der Waals surface area contributed by atoms with Crippen molar-refractivity contribution >= 4 is 34.5 Å². The van der Waals surface area contributed by atoms with E-state index in [4.69, 9.17) is 16.3 Å². The molecule has 4 nitrogen and oxygen atoms in total. The van der Waals surface area contributed by atoms with E-state index in [-0.39, 0.29) is 15.6 Å². The average molecular weight is 334 g/mol. The van der Waals surface area contributed by atoms with Crippen LogP contribution < -0.4 is 14.8 Å². The summed E-state index contributed by atoms with van der Waals surface area (Å²) in [7, 11) is 1.49. The number of methoxy groups -OCH3 is 1. The summed E-state index contributed by atoms with van der Waals surface area (Å²) in [5.74, 6) is -0.208. The second-order valence-electron chi connectivity index (χ2n) is 3.79. The van der Waals surface area contributed by atoms with Gasteiger partial charge < -0.3 is 14.8 Å². The molecule has 1 heterocycles. The van der Waals surface area contributed by atoms with E-state index in [1.165, 1.54) is 24.6 Å². The molecule has 1 amide bonds. The van der Waals surface area contributed by atoms with Crippen molar-refractivity contribution in [2.75, 3.05) is 12.4 Å². The summed E-state index contributed by atoms with van der Waals surface area (Å²) < 4.78 is 33.7. The van der Waals surface area contributed by atoms with Gasteiger partial charge in [0.05, 0.1) is 17.8 Å². The van der Waals surface area contributed by atoms with Gasteiger partial charge >= 0.3 is 6.61 Å². The van der Waals surface area contributed by atoms with Crippen LogP contribution >= 0.6 is 22.9 Å². The van der Waals surface area contributed by atoms with Gasteiger partial charge in [-0.1, -0.05) is 11.6 Å². The first-order valence-corrected chi connectivity index (χ1v) is 6.94. The number of anilines is 1. The number of ether oxygens (including phenoxy) is 2. The summed E-state index contributed by atoms with van der Waals surface area (Å²) >= 11 is 6.99. The first kappa shape index (κ1) is 15.5. The Morgan fingerprint density at radius 1 is 1.38 bits per heavy atom. The molecule has 2 aromatic rings. The van der Waals surface area contributed by atoms with E-state index in [0.717, 1.165) is 11.3 Å². The van der Waals surface area contributed by atoms with Crippen LogP contribution in [0.25, 0.3) is 0 Å². The number of amides is 1. The molecule has 0 radical (unpaired) electrons. The van der Waals surface area contributed by atoms with Crippen molar-refractivity contribution in [3.8, 4) is 11.5 Å². The molecule has 0 atom stereocenters. The number of rotatable bonds is 5. The number of benzene rings is 1. The molecular formula is C13H10ClF2NO3S. The summed E-state index contributed by atoms with van der Waals surface area (Å²) in [5, 5.41) is 4.30. The molecule has 1 N–H and O–H groups in total. The van der Waals surface area contributed by atoms with Crippen molar-refractivity contribution in [3.63, 3.8) is 0 Å². The number of alkyl halides is 2. The second-order valence-corrected chi connectivity index (χ2v) is 5.12. The SMILES string of the molecule is COc1ccc(NC(=O)c2sccc2OC(F)F)c(Cl)c1. The Morgan fingerprint density at radius 2 is 2.14 bits per heavy atom. The molecule has 0 saturated carbocycles. The molecule has 1 aromatic heterocycles. The second kappa shape index (κ2) is 6.73. The van der Waals surface area contributed by atoms with E-state index < -0.39 is 12.5 Å². The lowest BCUT2D eigenvalue weighted by Crippen LogP contribution is -2.13. The third-order valence-corrected chi connectivity index (χ3v) is 3.68. The number of nitrogens with one attached hydrogen (secondary N) is 1. The van der Waals surface area contributed by atoms with Gasteiger partial charge in [0.1, 0.15) is 16.4 Å². The van der Waals surface area contributed by atoms with Crippen LogP contribution in [0.2, 0.25) is 5.02 Å². The fraction of sp³-hybridized carbons (Fsp3) is 0.154. The minimum Gasteiger partial charge on any atom is -0.497 e. The average Bonchev–Trinajstić information content (AvgIpc) is 2.88. The summed E-state index contributed by atoms with van der Waals surface area (Å²) in [4.78, 5) is 12.1. The highest BCUT2D eigenvalue weighted by molar-refractivity contribution is 7.12. The van der Waals surface area contributed by atoms with Crippen molar-refractivity contribution in [2.45, 2.75) is 6.61 Å². The quantitative estimate of drug-likeness (QED) is 0.889. The Kier molecular flexibility index (Phi) is 4.98. The molecule has 0 unspecified atom stereocenters. The largest absolute Gasteiger partial charge is 0.497 e. The van der Waals surface area contributed by atoms with Crippen LogP contribution in [0.3, 0.4) is 0 Å². The molecule has 112 valence electrons. The number of hydrogen-bond acceptors (Lipinski definition) is 4. The molecule has 1 aromatic carbocycles. The molecule has 0 fully saturated rings. The van der Waals surface area contributed by atoms with Gasteiger partial charge in [-0.15, -0.1) is 11.3 Å². The monoisotopic (exact) mass is 333 g/mol. The third-order valence-electron chi connectivity index (χ3n) is 2.48. The number of thiophene rings is 1. The van der Waals surface area contributed by atoms with Gasteiger partial charge in [0.15, 0.2) is 0 Å². The van der Waals surface area contributed by atoms with Crippen molar-refractivity contribution < 1.29 is 23.0 Å². The maximum absolute atomic E-state index is 12.2. The maximum Gasteiger partial charge on any atom is 0.387 e. The molecule has 21 heavy (non-hydrogen) atoms. The normalized spacial score (nSPS) is 10.5. The van der Waals surface area contributed by atoms with E-state index in [2.05, 4.69) is 10.1 Å². The zero-order valence-electron chi connectivity index (χ0n) is 10.7. The number of carbonyl (C=O) groups is 1. The number of halogens is 3. The Bertz CT molecular complexity index is 648. The van der Waals surface area contributed by atoms with E-state index in [9.17, 15) is 13.6 Å². The summed E-state index contributed by atoms with van der Waals surface area (Å²) in [6, 6.07) is 6.01. The smallest absolute Gasteiger partial charge is 0.387 e. The Hall–Kier alpha value is -1.86. The minimum absolute atomic E-state index is 0.0437. The van der Waals surface area contributed by atoms with E-state index >= 15 is 0 Å². The molecular weight excluding hydrogens is 324 g/mol. The van der Waals surface area contributed by atoms with Crippen LogP contribution in [-0.4, -0.2) is 19.6 Å². The molecule has 0 aliphatic heterocycles. The van der Waals surface area contributed by atoms with Crippen LogP contribution in [0.1, 0.15) is 9.67 Å². The first-order chi connectivity index (χ1) is 10.0. The fourth-order valence-corrected chi connectivity index (χ4v) is 2.49. The molecule has 2 rings (SSSR count). The molecule has 0 bridgehead atoms. The summed E-state index contributed by atoms with van der Waals surface area (Å²) in [6.07, 6.45) is 0. The molecule has 8 heteroatoms. The van der Waals surface area contributed by atoms with Crippen LogP contribution in [0.15, 0.2) is 29.6 Å². The van der Waals surface area contributed by atoms with E-state index in [0.29, 0.717) is 11.4 Å². The van der Waals surface area contributed by atoms with Gasteiger partial charge in [0, 0.05) is 6.07 Å². The third kappa shape index (κ3) is 3.83. The predicted octanol–water partition coefficient (Wildman–Crippen LogP) is 4.26. The highest BCUT2D eigenvalue weighted by Gasteiger charge is 2.18. The lowest BCUT2D eigenvalue weighted by molar-refractivity contribution is -0.0498. The topological polar surface area (TPSA) is 47.6 Å². The number of carbonyl (C=O) groups excluding carboxylic acids is 1. The molecule has 0 saturated heterocycles. The minimum atomic E-state index is -2.99. The van der Waals surface area contributed by atoms with Crippen molar-refractivity contribution in [1.29, 1.82) is 0 Å². The standard InChI is InChI=1S/C13H10ClF2NO3S/c1-19-7-2-3-9(8(14)6-7)17-12(18)11-10(4-5-21-11)20-13(15)16/h2-6,13H,1H3,(H,17,18). The van der Waals surface area contributed by atoms with Gasteiger partial charge in [0.25, 0.3) is 5.91 Å². The van der Waals surface area contributed by atoms with Crippen molar-refractivity contribution in [2.24, 2.45) is 0 Å². The Balaban J connectivity index is 2.17. The summed E-state index contributed by atoms with van der Waals surface area (Å²) in [5.41, 5.74) is 0.346. The Morgan fingerprint density at radius 3 is 2.76 bits per heavy atom.